The molecule has 1 aromatic carbocycles. The highest BCUT2D eigenvalue weighted by Gasteiger charge is 2.29. The predicted molar refractivity (Wildman–Crippen MR) is 125 cm³/mol. The number of benzene rings is 1. The van der Waals surface area contributed by atoms with E-state index in [1.807, 2.05) is 13.0 Å². The number of aryl methyl sites for hydroxylation is 1. The molecule has 2 heteroatoms. The number of fused-ring (bicyclic) bond motifs is 1. The maximum Gasteiger partial charge on any atom is 0.126 e. The van der Waals surface area contributed by atoms with Crippen molar-refractivity contribution in [2.24, 2.45) is 16.7 Å². The Hall–Kier alpha value is -1.18. The van der Waals surface area contributed by atoms with Crippen LogP contribution in [0.1, 0.15) is 110 Å². The Balaban J connectivity index is 1.82. The van der Waals surface area contributed by atoms with Gasteiger partial charge in [0.15, 0.2) is 0 Å². The van der Waals surface area contributed by atoms with Gasteiger partial charge in [-0.2, -0.15) is 0 Å². The first kappa shape index (κ1) is 24.1. The van der Waals surface area contributed by atoms with Crippen LogP contribution in [-0.2, 0) is 6.42 Å². The maximum absolute atomic E-state index is 10.1. The highest BCUT2D eigenvalue weighted by Crippen LogP contribution is 2.41. The first-order valence-corrected chi connectivity index (χ1v) is 11.9. The maximum atomic E-state index is 10.1. The van der Waals surface area contributed by atoms with E-state index in [9.17, 15) is 5.11 Å². The summed E-state index contributed by atoms with van der Waals surface area (Å²) >= 11 is 0. The summed E-state index contributed by atoms with van der Waals surface area (Å²) in [4.78, 5) is 0. The normalized spacial score (nSPS) is 17.3. The average Bonchev–Trinajstić information content (AvgIpc) is 2.62. The summed E-state index contributed by atoms with van der Waals surface area (Å²) in [7, 11) is 0. The van der Waals surface area contributed by atoms with E-state index < -0.39 is 0 Å². The van der Waals surface area contributed by atoms with Crippen LogP contribution in [0.5, 0.6) is 11.5 Å². The summed E-state index contributed by atoms with van der Waals surface area (Å²) in [6, 6.07) is 1.90. The summed E-state index contributed by atoms with van der Waals surface area (Å²) in [6.07, 6.45) is 11.4. The Morgan fingerprint density at radius 3 is 2.24 bits per heavy atom. The van der Waals surface area contributed by atoms with Gasteiger partial charge >= 0.3 is 0 Å². The molecular weight excluding hydrogens is 356 g/mol. The fourth-order valence-corrected chi connectivity index (χ4v) is 4.71. The fourth-order valence-electron chi connectivity index (χ4n) is 4.71. The summed E-state index contributed by atoms with van der Waals surface area (Å²) in [5, 5.41) is 10.1. The first-order valence-electron chi connectivity index (χ1n) is 11.9. The molecule has 2 rings (SSSR count). The van der Waals surface area contributed by atoms with E-state index in [-0.39, 0.29) is 0 Å². The van der Waals surface area contributed by atoms with Crippen LogP contribution in [0.2, 0.25) is 0 Å². The third kappa shape index (κ3) is 7.23. The Bertz CT molecular complexity index is 670. The molecule has 0 amide bonds. The molecule has 1 N–H and O–H groups in total. The zero-order valence-corrected chi connectivity index (χ0v) is 20.5. The Labute approximate surface area is 180 Å². The van der Waals surface area contributed by atoms with Crippen molar-refractivity contribution >= 4 is 0 Å². The van der Waals surface area contributed by atoms with Crippen LogP contribution in [0.25, 0.3) is 0 Å². The average molecular weight is 403 g/mol. The molecule has 1 aromatic rings. The molecule has 166 valence electrons. The SMILES string of the molecule is Cc1c(O)cc2c(c1C)OC(CC(C)(C)CCCCC(C)(C)CCC(C)C)CC2. The van der Waals surface area contributed by atoms with Gasteiger partial charge < -0.3 is 9.84 Å². The van der Waals surface area contributed by atoms with Gasteiger partial charge in [0.25, 0.3) is 0 Å². The van der Waals surface area contributed by atoms with E-state index in [4.69, 9.17) is 4.74 Å². The van der Waals surface area contributed by atoms with E-state index in [1.54, 1.807) is 0 Å². The zero-order chi connectivity index (χ0) is 21.8. The molecule has 1 aliphatic heterocycles. The van der Waals surface area contributed by atoms with E-state index >= 15 is 0 Å². The van der Waals surface area contributed by atoms with E-state index in [0.29, 0.717) is 22.7 Å². The number of phenolic OH excluding ortho intramolecular Hbond substituents is 1. The molecule has 2 nitrogen and oxygen atoms in total. The molecule has 29 heavy (non-hydrogen) atoms. The molecular formula is C27H46O2. The summed E-state index contributed by atoms with van der Waals surface area (Å²) in [6.45, 7) is 18.4. The van der Waals surface area contributed by atoms with Crippen LogP contribution in [0.4, 0.5) is 0 Å². The number of hydrogen-bond donors (Lipinski definition) is 1. The molecule has 0 fully saturated rings. The van der Waals surface area contributed by atoms with Crippen LogP contribution < -0.4 is 4.74 Å². The molecule has 0 radical (unpaired) electrons. The number of ether oxygens (including phenoxy) is 1. The van der Waals surface area contributed by atoms with Gasteiger partial charge in [-0.05, 0) is 91.9 Å². The molecule has 0 spiro atoms. The highest BCUT2D eigenvalue weighted by molar-refractivity contribution is 5.52. The Kier molecular flexibility index (Phi) is 8.10. The van der Waals surface area contributed by atoms with Crippen LogP contribution in [0.3, 0.4) is 0 Å². The summed E-state index contributed by atoms with van der Waals surface area (Å²) < 4.78 is 6.44. The zero-order valence-electron chi connectivity index (χ0n) is 20.5. The van der Waals surface area contributed by atoms with E-state index in [0.717, 1.165) is 42.1 Å². The standard InChI is InChI=1S/C27H46O2/c1-19(2)13-16-26(5,6)14-9-10-15-27(7,8)18-23-12-11-22-17-24(28)20(3)21(4)25(22)29-23/h17,19,23,28H,9-16,18H2,1-8H3. The topological polar surface area (TPSA) is 29.5 Å². The Morgan fingerprint density at radius 1 is 1.00 bits per heavy atom. The minimum atomic E-state index is 0.294. The molecule has 1 aliphatic rings. The second-order valence-corrected chi connectivity index (χ2v) is 11.6. The lowest BCUT2D eigenvalue weighted by atomic mass is 9.77. The molecule has 0 saturated carbocycles. The van der Waals surface area contributed by atoms with E-state index in [2.05, 4.69) is 48.5 Å². The third-order valence-electron chi connectivity index (χ3n) is 7.05. The Morgan fingerprint density at radius 2 is 1.62 bits per heavy atom. The van der Waals surface area contributed by atoms with Crippen LogP contribution in [0.15, 0.2) is 6.07 Å². The lowest BCUT2D eigenvalue weighted by Crippen LogP contribution is -2.29. The lowest BCUT2D eigenvalue weighted by molar-refractivity contribution is 0.108. The van der Waals surface area contributed by atoms with Crippen molar-refractivity contribution < 1.29 is 9.84 Å². The van der Waals surface area contributed by atoms with Gasteiger partial charge in [0.1, 0.15) is 11.5 Å². The largest absolute Gasteiger partial charge is 0.508 e. The summed E-state index contributed by atoms with van der Waals surface area (Å²) in [5.74, 6) is 2.24. The number of unbranched alkanes of at least 4 members (excludes halogenated alkanes) is 1. The van der Waals surface area contributed by atoms with Gasteiger partial charge in [-0.15, -0.1) is 0 Å². The van der Waals surface area contributed by atoms with Crippen molar-refractivity contribution in [1.82, 2.24) is 0 Å². The van der Waals surface area contributed by atoms with Crippen LogP contribution in [-0.4, -0.2) is 11.2 Å². The number of hydrogen-bond acceptors (Lipinski definition) is 2. The lowest BCUT2D eigenvalue weighted by Gasteiger charge is -2.34. The van der Waals surface area contributed by atoms with Gasteiger partial charge in [0, 0.05) is 0 Å². The van der Waals surface area contributed by atoms with Crippen molar-refractivity contribution in [3.63, 3.8) is 0 Å². The smallest absolute Gasteiger partial charge is 0.126 e. The van der Waals surface area contributed by atoms with Gasteiger partial charge in [0.05, 0.1) is 6.10 Å². The molecule has 0 saturated heterocycles. The molecule has 1 heterocycles. The molecule has 1 unspecified atom stereocenters. The second kappa shape index (κ2) is 9.75. The second-order valence-electron chi connectivity index (χ2n) is 11.6. The number of aromatic hydroxyl groups is 1. The monoisotopic (exact) mass is 402 g/mol. The minimum Gasteiger partial charge on any atom is -0.508 e. The molecule has 0 bridgehead atoms. The van der Waals surface area contributed by atoms with Crippen molar-refractivity contribution in [3.05, 3.63) is 22.8 Å². The molecule has 0 aromatic heterocycles. The van der Waals surface area contributed by atoms with Crippen molar-refractivity contribution in [3.8, 4) is 11.5 Å². The van der Waals surface area contributed by atoms with Crippen molar-refractivity contribution in [2.45, 2.75) is 119 Å². The highest BCUT2D eigenvalue weighted by atomic mass is 16.5. The number of rotatable bonds is 10. The predicted octanol–water partition coefficient (Wildman–Crippen LogP) is 8.14. The quantitative estimate of drug-likeness (QED) is 0.400. The van der Waals surface area contributed by atoms with Gasteiger partial charge in [-0.1, -0.05) is 60.8 Å². The molecule has 1 atom stereocenters. The van der Waals surface area contributed by atoms with Gasteiger partial charge in [0.2, 0.25) is 0 Å². The third-order valence-corrected chi connectivity index (χ3v) is 7.05. The van der Waals surface area contributed by atoms with Crippen LogP contribution in [0, 0.1) is 30.6 Å². The van der Waals surface area contributed by atoms with Crippen LogP contribution >= 0.6 is 0 Å². The minimum absolute atomic E-state index is 0.294. The molecule has 0 aliphatic carbocycles. The van der Waals surface area contributed by atoms with E-state index in [1.165, 1.54) is 44.1 Å². The number of phenols is 1. The van der Waals surface area contributed by atoms with Gasteiger partial charge in [-0.25, -0.2) is 0 Å². The first-order chi connectivity index (χ1) is 13.4. The summed E-state index contributed by atoms with van der Waals surface area (Å²) in [5.41, 5.74) is 4.01. The van der Waals surface area contributed by atoms with Gasteiger partial charge in [-0.3, -0.25) is 0 Å². The van der Waals surface area contributed by atoms with Crippen molar-refractivity contribution in [1.29, 1.82) is 0 Å². The fraction of sp³-hybridized carbons (Fsp3) is 0.778. The van der Waals surface area contributed by atoms with Crippen molar-refractivity contribution in [2.75, 3.05) is 0 Å².